The topological polar surface area (TPSA) is 0 Å². The Balaban J connectivity index is 3.20. The molecule has 68 valence electrons. The van der Waals surface area contributed by atoms with Crippen LogP contribution in [0.5, 0.6) is 0 Å². The molecule has 0 saturated carbocycles. The smallest absolute Gasteiger partial charge is 0.166 e. The third-order valence-corrected chi connectivity index (χ3v) is 2.11. The highest BCUT2D eigenvalue weighted by Gasteiger charge is 2.30. The molecule has 0 amide bonds. The van der Waals surface area contributed by atoms with Gasteiger partial charge in [-0.25, -0.2) is 0 Å². The predicted octanol–water partition coefficient (Wildman–Crippen LogP) is 3.45. The Hall–Kier alpha value is -0.950. The van der Waals surface area contributed by atoms with E-state index in [-0.39, 0.29) is 4.47 Å². The lowest BCUT2D eigenvalue weighted by Gasteiger charge is -2.07. The fraction of sp³-hybridized carbons (Fsp3) is 0.111. The number of hydrogen-bond acceptors (Lipinski definition) is 0. The molecule has 0 aliphatic carbocycles. The van der Waals surface area contributed by atoms with Crippen molar-refractivity contribution in [2.45, 2.75) is 6.18 Å². The van der Waals surface area contributed by atoms with E-state index >= 15 is 0 Å². The molecule has 13 heavy (non-hydrogen) atoms. The standard InChI is InChI=1S/C9H4BrF3/c1-2-6-3-4-7(5-8(6)10)9(11,12)13/h1,3-5H. The molecule has 0 atom stereocenters. The normalized spacial score (nSPS) is 11.0. The summed E-state index contributed by atoms with van der Waals surface area (Å²) in [5.41, 5.74) is -0.300. The zero-order valence-corrected chi connectivity index (χ0v) is 7.91. The van der Waals surface area contributed by atoms with Crippen molar-refractivity contribution in [1.29, 1.82) is 0 Å². The molecule has 0 heterocycles. The molecule has 0 nitrogen and oxygen atoms in total. The first-order valence-electron chi connectivity index (χ1n) is 3.28. The largest absolute Gasteiger partial charge is 0.416 e. The highest BCUT2D eigenvalue weighted by Crippen LogP contribution is 2.31. The Morgan fingerprint density at radius 2 is 1.92 bits per heavy atom. The summed E-state index contributed by atoms with van der Waals surface area (Å²) in [5, 5.41) is 0. The summed E-state index contributed by atoms with van der Waals surface area (Å²) in [6.07, 6.45) is 0.725. The van der Waals surface area contributed by atoms with Crippen molar-refractivity contribution in [3.63, 3.8) is 0 Å². The van der Waals surface area contributed by atoms with E-state index < -0.39 is 11.7 Å². The molecule has 0 bridgehead atoms. The first-order chi connectivity index (χ1) is 5.95. The number of alkyl halides is 3. The van der Waals surface area contributed by atoms with Gasteiger partial charge >= 0.3 is 6.18 Å². The number of terminal acetylenes is 1. The van der Waals surface area contributed by atoms with Crippen LogP contribution in [0.3, 0.4) is 0 Å². The van der Waals surface area contributed by atoms with Crippen LogP contribution in [-0.2, 0) is 6.18 Å². The van der Waals surface area contributed by atoms with Gasteiger partial charge in [-0.3, -0.25) is 0 Å². The molecule has 1 rings (SSSR count). The van der Waals surface area contributed by atoms with E-state index in [4.69, 9.17) is 6.42 Å². The lowest BCUT2D eigenvalue weighted by atomic mass is 10.1. The maximum Gasteiger partial charge on any atom is 0.416 e. The fourth-order valence-corrected chi connectivity index (χ4v) is 1.30. The lowest BCUT2D eigenvalue weighted by Crippen LogP contribution is -2.04. The zero-order chi connectivity index (χ0) is 10.1. The van der Waals surface area contributed by atoms with Gasteiger partial charge in [0, 0.05) is 10.0 Å². The second kappa shape index (κ2) is 3.43. The van der Waals surface area contributed by atoms with Crippen LogP contribution in [0.2, 0.25) is 0 Å². The van der Waals surface area contributed by atoms with Crippen LogP contribution in [-0.4, -0.2) is 0 Å². The molecule has 0 radical (unpaired) electrons. The summed E-state index contributed by atoms with van der Waals surface area (Å²) >= 11 is 2.96. The van der Waals surface area contributed by atoms with Gasteiger partial charge in [0.2, 0.25) is 0 Å². The van der Waals surface area contributed by atoms with Crippen LogP contribution in [0.4, 0.5) is 13.2 Å². The second-order valence-electron chi connectivity index (χ2n) is 2.34. The van der Waals surface area contributed by atoms with Gasteiger partial charge in [-0.15, -0.1) is 6.42 Å². The molecule has 0 aliphatic rings. The van der Waals surface area contributed by atoms with Crippen LogP contribution >= 0.6 is 15.9 Å². The van der Waals surface area contributed by atoms with E-state index in [1.165, 1.54) is 6.07 Å². The highest BCUT2D eigenvalue weighted by atomic mass is 79.9. The Bertz CT molecular complexity index is 360. The minimum Gasteiger partial charge on any atom is -0.166 e. The summed E-state index contributed by atoms with van der Waals surface area (Å²) in [7, 11) is 0. The predicted molar refractivity (Wildman–Crippen MR) is 47.1 cm³/mol. The quantitative estimate of drug-likeness (QED) is 0.618. The lowest BCUT2D eigenvalue weighted by molar-refractivity contribution is -0.137. The van der Waals surface area contributed by atoms with Crippen LogP contribution in [0, 0.1) is 12.3 Å². The van der Waals surface area contributed by atoms with Gasteiger partial charge in [-0.1, -0.05) is 5.92 Å². The van der Waals surface area contributed by atoms with E-state index in [2.05, 4.69) is 21.9 Å². The van der Waals surface area contributed by atoms with Crippen LogP contribution < -0.4 is 0 Å². The van der Waals surface area contributed by atoms with Gasteiger partial charge in [0.15, 0.2) is 0 Å². The van der Waals surface area contributed by atoms with E-state index in [0.717, 1.165) is 12.1 Å². The summed E-state index contributed by atoms with van der Waals surface area (Å²) in [4.78, 5) is 0. The van der Waals surface area contributed by atoms with Crippen molar-refractivity contribution >= 4 is 15.9 Å². The van der Waals surface area contributed by atoms with Gasteiger partial charge in [0.05, 0.1) is 5.56 Å². The minimum absolute atomic E-state index is 0.282. The molecular weight excluding hydrogens is 245 g/mol. The molecule has 0 unspecified atom stereocenters. The monoisotopic (exact) mass is 248 g/mol. The third-order valence-electron chi connectivity index (χ3n) is 1.45. The summed E-state index contributed by atoms with van der Waals surface area (Å²) in [5.74, 6) is 2.26. The maximum absolute atomic E-state index is 12.1. The van der Waals surface area contributed by atoms with Crippen molar-refractivity contribution in [1.82, 2.24) is 0 Å². The maximum atomic E-state index is 12.1. The molecule has 0 aromatic heterocycles. The zero-order valence-electron chi connectivity index (χ0n) is 6.32. The second-order valence-corrected chi connectivity index (χ2v) is 3.19. The van der Waals surface area contributed by atoms with Gasteiger partial charge < -0.3 is 0 Å². The van der Waals surface area contributed by atoms with Crippen LogP contribution in [0.15, 0.2) is 22.7 Å². The Labute approximate surface area is 81.9 Å². The Morgan fingerprint density at radius 1 is 1.31 bits per heavy atom. The molecule has 0 spiro atoms. The number of hydrogen-bond donors (Lipinski definition) is 0. The van der Waals surface area contributed by atoms with Crippen LogP contribution in [0.1, 0.15) is 11.1 Å². The van der Waals surface area contributed by atoms with Gasteiger partial charge in [-0.2, -0.15) is 13.2 Å². The molecule has 0 aliphatic heterocycles. The summed E-state index contributed by atoms with van der Waals surface area (Å²) in [6, 6.07) is 3.18. The molecule has 1 aromatic rings. The summed E-state index contributed by atoms with van der Waals surface area (Å²) < 4.78 is 36.7. The van der Waals surface area contributed by atoms with Gasteiger partial charge in [-0.05, 0) is 34.1 Å². The fourth-order valence-electron chi connectivity index (χ4n) is 0.808. The average molecular weight is 249 g/mol. The van der Waals surface area contributed by atoms with Crippen molar-refractivity contribution in [3.8, 4) is 12.3 Å². The van der Waals surface area contributed by atoms with E-state index in [9.17, 15) is 13.2 Å². The number of rotatable bonds is 0. The highest BCUT2D eigenvalue weighted by molar-refractivity contribution is 9.10. The molecule has 0 fully saturated rings. The van der Waals surface area contributed by atoms with Gasteiger partial charge in [0.1, 0.15) is 0 Å². The van der Waals surface area contributed by atoms with E-state index in [1.807, 2.05) is 0 Å². The van der Waals surface area contributed by atoms with Gasteiger partial charge in [0.25, 0.3) is 0 Å². The first kappa shape index (κ1) is 10.1. The molecule has 0 saturated heterocycles. The van der Waals surface area contributed by atoms with Crippen molar-refractivity contribution in [2.24, 2.45) is 0 Å². The Morgan fingerprint density at radius 3 is 2.31 bits per heavy atom. The molecule has 4 heteroatoms. The Kier molecular flexibility index (Phi) is 2.67. The van der Waals surface area contributed by atoms with Crippen molar-refractivity contribution in [2.75, 3.05) is 0 Å². The minimum atomic E-state index is -4.32. The molecule has 1 aromatic carbocycles. The van der Waals surface area contributed by atoms with Crippen molar-refractivity contribution < 1.29 is 13.2 Å². The third kappa shape index (κ3) is 2.25. The van der Waals surface area contributed by atoms with E-state index in [1.54, 1.807) is 0 Å². The summed E-state index contributed by atoms with van der Waals surface area (Å²) in [6.45, 7) is 0. The first-order valence-corrected chi connectivity index (χ1v) is 4.08. The number of halogens is 4. The van der Waals surface area contributed by atoms with E-state index in [0.29, 0.717) is 5.56 Å². The number of benzene rings is 1. The van der Waals surface area contributed by atoms with Crippen molar-refractivity contribution in [3.05, 3.63) is 33.8 Å². The SMILES string of the molecule is C#Cc1ccc(C(F)(F)F)cc1Br. The van der Waals surface area contributed by atoms with Crippen LogP contribution in [0.25, 0.3) is 0 Å². The average Bonchev–Trinajstić information content (AvgIpc) is 2.02. The molecular formula is C9H4BrF3. The molecule has 0 N–H and O–H groups in total.